The number of sulfonamides is 1. The maximum absolute atomic E-state index is 12.5. The lowest BCUT2D eigenvalue weighted by molar-refractivity contribution is 0.0696. The molecule has 0 saturated carbocycles. The predicted octanol–water partition coefficient (Wildman–Crippen LogP) is 3.02. The second-order valence-electron chi connectivity index (χ2n) is 5.43. The topological polar surface area (TPSA) is 95.5 Å². The summed E-state index contributed by atoms with van der Waals surface area (Å²) in [6.07, 6.45) is 1.41. The van der Waals surface area contributed by atoms with Crippen LogP contribution < -0.4 is 10.0 Å². The van der Waals surface area contributed by atoms with E-state index in [1.807, 2.05) is 37.3 Å². The van der Waals surface area contributed by atoms with Crippen molar-refractivity contribution in [1.29, 1.82) is 0 Å². The largest absolute Gasteiger partial charge is 0.478 e. The van der Waals surface area contributed by atoms with Gasteiger partial charge in [0.15, 0.2) is 0 Å². The van der Waals surface area contributed by atoms with Crippen molar-refractivity contribution in [1.82, 2.24) is 4.72 Å². The van der Waals surface area contributed by atoms with Crippen LogP contribution >= 0.6 is 0 Å². The SMILES string of the molecule is C=CCNS(=O)(=O)c1cc(C(=O)O)ccc1NC(C)c1ccccc1. The predicted molar refractivity (Wildman–Crippen MR) is 97.3 cm³/mol. The van der Waals surface area contributed by atoms with Gasteiger partial charge in [0, 0.05) is 12.6 Å². The molecule has 0 bridgehead atoms. The Kier molecular flexibility index (Phi) is 5.95. The van der Waals surface area contributed by atoms with Gasteiger partial charge in [-0.2, -0.15) is 0 Å². The number of hydrogen-bond acceptors (Lipinski definition) is 4. The third kappa shape index (κ3) is 4.68. The minimum absolute atomic E-state index is 0.0489. The summed E-state index contributed by atoms with van der Waals surface area (Å²) in [7, 11) is -3.88. The molecule has 3 N–H and O–H groups in total. The molecule has 0 saturated heterocycles. The van der Waals surface area contributed by atoms with E-state index in [4.69, 9.17) is 5.11 Å². The van der Waals surface area contributed by atoms with Crippen molar-refractivity contribution in [2.45, 2.75) is 17.9 Å². The molecule has 0 spiro atoms. The molecule has 0 heterocycles. The lowest BCUT2D eigenvalue weighted by Crippen LogP contribution is -2.25. The van der Waals surface area contributed by atoms with E-state index in [2.05, 4.69) is 16.6 Å². The summed E-state index contributed by atoms with van der Waals surface area (Å²) in [4.78, 5) is 11.1. The molecule has 0 aliphatic rings. The molecule has 0 aliphatic carbocycles. The number of nitrogens with one attached hydrogen (secondary N) is 2. The Bertz CT molecular complexity index is 864. The van der Waals surface area contributed by atoms with E-state index < -0.39 is 16.0 Å². The molecular formula is C18H20N2O4S. The number of anilines is 1. The smallest absolute Gasteiger partial charge is 0.335 e. The second-order valence-corrected chi connectivity index (χ2v) is 7.17. The highest BCUT2D eigenvalue weighted by atomic mass is 32.2. The van der Waals surface area contributed by atoms with Crippen molar-refractivity contribution in [3.05, 3.63) is 72.3 Å². The molecule has 0 fully saturated rings. The minimum Gasteiger partial charge on any atom is -0.478 e. The molecule has 0 amide bonds. The average molecular weight is 360 g/mol. The van der Waals surface area contributed by atoms with Crippen LogP contribution in [0.2, 0.25) is 0 Å². The van der Waals surface area contributed by atoms with Gasteiger partial charge in [0.25, 0.3) is 0 Å². The summed E-state index contributed by atoms with van der Waals surface area (Å²) < 4.78 is 27.4. The zero-order valence-electron chi connectivity index (χ0n) is 13.8. The molecule has 0 aromatic heterocycles. The molecule has 2 rings (SSSR count). The van der Waals surface area contributed by atoms with E-state index in [1.54, 1.807) is 0 Å². The number of carboxylic acids is 1. The van der Waals surface area contributed by atoms with Gasteiger partial charge in [0.1, 0.15) is 4.90 Å². The fourth-order valence-electron chi connectivity index (χ4n) is 2.30. The zero-order chi connectivity index (χ0) is 18.4. The summed E-state index contributed by atoms with van der Waals surface area (Å²) in [5.74, 6) is -1.19. The summed E-state index contributed by atoms with van der Waals surface area (Å²) in [5, 5.41) is 12.3. The Morgan fingerprint density at radius 1 is 1.24 bits per heavy atom. The Labute approximate surface area is 147 Å². The molecule has 0 radical (unpaired) electrons. The minimum atomic E-state index is -3.88. The quantitative estimate of drug-likeness (QED) is 0.629. The van der Waals surface area contributed by atoms with Crippen molar-refractivity contribution < 1.29 is 18.3 Å². The monoisotopic (exact) mass is 360 g/mol. The normalized spacial score (nSPS) is 12.4. The number of carboxylic acid groups (broad SMARTS) is 1. The maximum Gasteiger partial charge on any atom is 0.335 e. The van der Waals surface area contributed by atoms with E-state index in [0.717, 1.165) is 11.6 Å². The van der Waals surface area contributed by atoms with Crippen LogP contribution in [0.3, 0.4) is 0 Å². The van der Waals surface area contributed by atoms with E-state index in [-0.39, 0.29) is 23.0 Å². The van der Waals surface area contributed by atoms with Crippen LogP contribution in [0.4, 0.5) is 5.69 Å². The maximum atomic E-state index is 12.5. The number of aromatic carboxylic acids is 1. The van der Waals surface area contributed by atoms with Crippen molar-refractivity contribution in [2.75, 3.05) is 11.9 Å². The first-order valence-electron chi connectivity index (χ1n) is 7.64. The van der Waals surface area contributed by atoms with Crippen LogP contribution in [0.1, 0.15) is 28.9 Å². The standard InChI is InChI=1S/C18H20N2O4S/c1-3-11-19-25(23,24)17-12-15(18(21)22)9-10-16(17)20-13(2)14-7-5-4-6-8-14/h3-10,12-13,19-20H,1,11H2,2H3,(H,21,22). The number of hydrogen-bond donors (Lipinski definition) is 3. The van der Waals surface area contributed by atoms with Crippen LogP contribution in [0, 0.1) is 0 Å². The Hall–Kier alpha value is -2.64. The number of rotatable bonds is 8. The molecule has 2 aromatic carbocycles. The highest BCUT2D eigenvalue weighted by Gasteiger charge is 2.21. The van der Waals surface area contributed by atoms with E-state index in [0.29, 0.717) is 5.69 Å². The van der Waals surface area contributed by atoms with E-state index in [1.165, 1.54) is 18.2 Å². The highest BCUT2D eigenvalue weighted by Crippen LogP contribution is 2.27. The molecule has 0 aliphatic heterocycles. The Morgan fingerprint density at radius 3 is 2.52 bits per heavy atom. The van der Waals surface area contributed by atoms with Crippen LogP contribution in [0.25, 0.3) is 0 Å². The fourth-order valence-corrected chi connectivity index (χ4v) is 3.49. The first kappa shape index (κ1) is 18.7. The average Bonchev–Trinajstić information content (AvgIpc) is 2.60. The lowest BCUT2D eigenvalue weighted by Gasteiger charge is -2.19. The molecule has 1 unspecified atom stereocenters. The van der Waals surface area contributed by atoms with Crippen molar-refractivity contribution in [3.63, 3.8) is 0 Å². The van der Waals surface area contributed by atoms with Crippen LogP contribution in [0.15, 0.2) is 66.1 Å². The van der Waals surface area contributed by atoms with E-state index in [9.17, 15) is 13.2 Å². The van der Waals surface area contributed by atoms with Gasteiger partial charge in [0.2, 0.25) is 10.0 Å². The number of carbonyl (C=O) groups is 1. The molecule has 1 atom stereocenters. The third-order valence-corrected chi connectivity index (χ3v) is 5.07. The van der Waals surface area contributed by atoms with Gasteiger partial charge in [-0.1, -0.05) is 36.4 Å². The van der Waals surface area contributed by atoms with Gasteiger partial charge in [-0.3, -0.25) is 0 Å². The van der Waals surface area contributed by atoms with Gasteiger partial charge in [0.05, 0.1) is 11.3 Å². The first-order chi connectivity index (χ1) is 11.8. The van der Waals surface area contributed by atoms with Crippen molar-refractivity contribution in [3.8, 4) is 0 Å². The van der Waals surface area contributed by atoms with Gasteiger partial charge >= 0.3 is 5.97 Å². The highest BCUT2D eigenvalue weighted by molar-refractivity contribution is 7.89. The van der Waals surface area contributed by atoms with Crippen LogP contribution in [0.5, 0.6) is 0 Å². The molecule has 7 heteroatoms. The molecule has 2 aromatic rings. The van der Waals surface area contributed by atoms with Crippen LogP contribution in [-0.2, 0) is 10.0 Å². The van der Waals surface area contributed by atoms with Crippen molar-refractivity contribution >= 4 is 21.7 Å². The van der Waals surface area contributed by atoms with Gasteiger partial charge in [-0.05, 0) is 30.7 Å². The van der Waals surface area contributed by atoms with E-state index >= 15 is 0 Å². The lowest BCUT2D eigenvalue weighted by atomic mass is 10.1. The third-order valence-electron chi connectivity index (χ3n) is 3.61. The van der Waals surface area contributed by atoms with Crippen molar-refractivity contribution in [2.24, 2.45) is 0 Å². The second kappa shape index (κ2) is 7.96. The molecular weight excluding hydrogens is 340 g/mol. The number of benzene rings is 2. The summed E-state index contributed by atoms with van der Waals surface area (Å²) in [5.41, 5.74) is 1.21. The molecule has 132 valence electrons. The van der Waals surface area contributed by atoms with Gasteiger partial charge in [-0.15, -0.1) is 6.58 Å². The fraction of sp³-hybridized carbons (Fsp3) is 0.167. The summed E-state index contributed by atoms with van der Waals surface area (Å²) >= 11 is 0. The van der Waals surface area contributed by atoms with Gasteiger partial charge < -0.3 is 10.4 Å². The zero-order valence-corrected chi connectivity index (χ0v) is 14.6. The summed E-state index contributed by atoms with van der Waals surface area (Å²) in [6, 6.07) is 13.3. The molecule has 6 nitrogen and oxygen atoms in total. The molecule has 25 heavy (non-hydrogen) atoms. The van der Waals surface area contributed by atoms with Crippen LogP contribution in [-0.4, -0.2) is 26.0 Å². The van der Waals surface area contributed by atoms with Gasteiger partial charge in [-0.25, -0.2) is 17.9 Å². The Morgan fingerprint density at radius 2 is 1.92 bits per heavy atom. The first-order valence-corrected chi connectivity index (χ1v) is 9.13. The Balaban J connectivity index is 2.43. The summed E-state index contributed by atoms with van der Waals surface area (Å²) in [6.45, 7) is 5.42.